The summed E-state index contributed by atoms with van der Waals surface area (Å²) in [5.41, 5.74) is 3.94. The van der Waals surface area contributed by atoms with Crippen LogP contribution in [0.5, 0.6) is 0 Å². The Hall–Kier alpha value is -1.33. The van der Waals surface area contributed by atoms with Gasteiger partial charge >= 0.3 is 0 Å². The Bertz CT molecular complexity index is 263. The summed E-state index contributed by atoms with van der Waals surface area (Å²) in [4.78, 5) is 6.20. The van der Waals surface area contributed by atoms with Crippen LogP contribution >= 0.6 is 0 Å². The van der Waals surface area contributed by atoms with E-state index >= 15 is 0 Å². The van der Waals surface area contributed by atoms with Crippen molar-refractivity contribution in [1.82, 2.24) is 9.97 Å². The van der Waals surface area contributed by atoms with Gasteiger partial charge in [-0.1, -0.05) is 0 Å². The van der Waals surface area contributed by atoms with Gasteiger partial charge in [-0.3, -0.25) is 0 Å². The summed E-state index contributed by atoms with van der Waals surface area (Å²) in [5.74, 6) is -1.81. The molecule has 11 heavy (non-hydrogen) atoms. The summed E-state index contributed by atoms with van der Waals surface area (Å²) in [6.45, 7) is 0. The highest BCUT2D eigenvalue weighted by Gasteiger charge is 2.17. The van der Waals surface area contributed by atoms with Gasteiger partial charge in [-0.25, -0.2) is 23.1 Å². The SMILES string of the molecule is Nc1ncnc(C(F)F)c1F. The number of nitrogen functional groups attached to an aromatic ring is 1. The molecule has 0 saturated heterocycles. The molecule has 0 atom stereocenters. The normalized spacial score (nSPS) is 10.5. The molecule has 0 saturated carbocycles. The summed E-state index contributed by atoms with van der Waals surface area (Å²) in [5, 5.41) is 0. The first-order valence-corrected chi connectivity index (χ1v) is 2.67. The first kappa shape index (κ1) is 7.77. The number of rotatable bonds is 1. The molecule has 0 unspecified atom stereocenters. The van der Waals surface area contributed by atoms with Crippen molar-refractivity contribution in [2.24, 2.45) is 0 Å². The highest BCUT2D eigenvalue weighted by atomic mass is 19.3. The molecule has 0 bridgehead atoms. The zero-order valence-corrected chi connectivity index (χ0v) is 5.26. The summed E-state index contributed by atoms with van der Waals surface area (Å²) < 4.78 is 36.2. The third-order valence-corrected chi connectivity index (χ3v) is 1.05. The second-order valence-corrected chi connectivity index (χ2v) is 1.76. The minimum Gasteiger partial charge on any atom is -0.381 e. The minimum absolute atomic E-state index is 0.560. The molecule has 0 radical (unpaired) electrons. The topological polar surface area (TPSA) is 51.8 Å². The molecule has 0 spiro atoms. The molecule has 0 aliphatic carbocycles. The molecule has 1 rings (SSSR count). The Morgan fingerprint density at radius 3 is 2.45 bits per heavy atom. The molecule has 0 aliphatic heterocycles. The quantitative estimate of drug-likeness (QED) is 0.675. The average molecular weight is 163 g/mol. The number of nitrogens with zero attached hydrogens (tertiary/aromatic N) is 2. The first-order chi connectivity index (χ1) is 5.13. The molecule has 60 valence electrons. The Balaban J connectivity index is 3.17. The first-order valence-electron chi connectivity index (χ1n) is 2.67. The van der Waals surface area contributed by atoms with E-state index in [0.29, 0.717) is 0 Å². The lowest BCUT2D eigenvalue weighted by Crippen LogP contribution is -2.02. The summed E-state index contributed by atoms with van der Waals surface area (Å²) in [6, 6.07) is 0. The molecule has 3 nitrogen and oxygen atoms in total. The van der Waals surface area contributed by atoms with Gasteiger partial charge in [0, 0.05) is 0 Å². The van der Waals surface area contributed by atoms with Crippen LogP contribution in [0.4, 0.5) is 19.0 Å². The maximum atomic E-state index is 12.5. The third-order valence-electron chi connectivity index (χ3n) is 1.05. The van der Waals surface area contributed by atoms with E-state index in [9.17, 15) is 13.2 Å². The van der Waals surface area contributed by atoms with Crippen LogP contribution in [-0.2, 0) is 0 Å². The zero-order valence-electron chi connectivity index (χ0n) is 5.26. The summed E-state index contributed by atoms with van der Waals surface area (Å²) >= 11 is 0. The second kappa shape index (κ2) is 2.73. The number of hydrogen-bond acceptors (Lipinski definition) is 3. The van der Waals surface area contributed by atoms with Crippen molar-refractivity contribution in [2.75, 3.05) is 5.73 Å². The van der Waals surface area contributed by atoms with Gasteiger partial charge in [-0.15, -0.1) is 0 Å². The Morgan fingerprint density at radius 1 is 1.36 bits per heavy atom. The van der Waals surface area contributed by atoms with E-state index in [0.717, 1.165) is 6.33 Å². The molecule has 1 aromatic heterocycles. The molecular weight excluding hydrogens is 159 g/mol. The van der Waals surface area contributed by atoms with Crippen LogP contribution in [0.1, 0.15) is 12.1 Å². The second-order valence-electron chi connectivity index (χ2n) is 1.76. The number of nitrogens with two attached hydrogens (primary N) is 1. The van der Waals surface area contributed by atoms with Gasteiger partial charge in [0.15, 0.2) is 11.6 Å². The lowest BCUT2D eigenvalue weighted by molar-refractivity contribution is 0.140. The minimum atomic E-state index is -2.96. The molecule has 0 amide bonds. The third kappa shape index (κ3) is 1.39. The van der Waals surface area contributed by atoms with Crippen molar-refractivity contribution in [1.29, 1.82) is 0 Å². The van der Waals surface area contributed by atoms with Crippen molar-refractivity contribution in [3.8, 4) is 0 Å². The maximum absolute atomic E-state index is 12.5. The van der Waals surface area contributed by atoms with Crippen LogP contribution in [0.15, 0.2) is 6.33 Å². The maximum Gasteiger partial charge on any atom is 0.283 e. The van der Waals surface area contributed by atoms with Crippen molar-refractivity contribution in [3.63, 3.8) is 0 Å². The van der Waals surface area contributed by atoms with E-state index in [1.807, 2.05) is 0 Å². The molecule has 0 aliphatic rings. The van der Waals surface area contributed by atoms with E-state index in [2.05, 4.69) is 9.97 Å². The van der Waals surface area contributed by atoms with E-state index in [4.69, 9.17) is 5.73 Å². The van der Waals surface area contributed by atoms with Gasteiger partial charge in [-0.05, 0) is 0 Å². The summed E-state index contributed by atoms with van der Waals surface area (Å²) in [7, 11) is 0. The fourth-order valence-corrected chi connectivity index (χ4v) is 0.550. The standard InChI is InChI=1S/C5H4F3N3/c6-2-3(4(7)8)10-1-11-5(2)9/h1,4H,(H2,9,10,11). The van der Waals surface area contributed by atoms with Gasteiger partial charge < -0.3 is 5.73 Å². The van der Waals surface area contributed by atoms with Gasteiger partial charge in [-0.2, -0.15) is 0 Å². The van der Waals surface area contributed by atoms with Crippen molar-refractivity contribution < 1.29 is 13.2 Å². The Labute approximate surface area is 60.1 Å². The number of halogens is 3. The smallest absolute Gasteiger partial charge is 0.283 e. The Kier molecular flexibility index (Phi) is 1.93. The fraction of sp³-hybridized carbons (Fsp3) is 0.200. The van der Waals surface area contributed by atoms with Crippen LogP contribution < -0.4 is 5.73 Å². The predicted octanol–water partition coefficient (Wildman–Crippen LogP) is 1.14. The van der Waals surface area contributed by atoms with E-state index in [1.165, 1.54) is 0 Å². The zero-order chi connectivity index (χ0) is 8.43. The largest absolute Gasteiger partial charge is 0.381 e. The summed E-state index contributed by atoms with van der Waals surface area (Å²) in [6.07, 6.45) is -2.17. The molecule has 1 aromatic rings. The van der Waals surface area contributed by atoms with Gasteiger partial charge in [0.2, 0.25) is 0 Å². The predicted molar refractivity (Wildman–Crippen MR) is 31.4 cm³/mol. The van der Waals surface area contributed by atoms with E-state index in [1.54, 1.807) is 0 Å². The molecule has 0 aromatic carbocycles. The van der Waals surface area contributed by atoms with Crippen LogP contribution in [0.25, 0.3) is 0 Å². The van der Waals surface area contributed by atoms with Crippen LogP contribution in [0.3, 0.4) is 0 Å². The number of hydrogen-bond donors (Lipinski definition) is 1. The van der Waals surface area contributed by atoms with Crippen molar-refractivity contribution >= 4 is 5.82 Å². The molecule has 6 heteroatoms. The number of alkyl halides is 2. The van der Waals surface area contributed by atoms with Gasteiger partial charge in [0.05, 0.1) is 0 Å². The van der Waals surface area contributed by atoms with Crippen molar-refractivity contribution in [3.05, 3.63) is 17.8 Å². The van der Waals surface area contributed by atoms with Crippen LogP contribution in [-0.4, -0.2) is 9.97 Å². The Morgan fingerprint density at radius 2 is 2.00 bits per heavy atom. The number of anilines is 1. The molecular formula is C5H4F3N3. The van der Waals surface area contributed by atoms with Crippen LogP contribution in [0.2, 0.25) is 0 Å². The van der Waals surface area contributed by atoms with Crippen molar-refractivity contribution in [2.45, 2.75) is 6.43 Å². The molecule has 2 N–H and O–H groups in total. The van der Waals surface area contributed by atoms with E-state index < -0.39 is 23.8 Å². The van der Waals surface area contributed by atoms with Crippen LogP contribution in [0, 0.1) is 5.82 Å². The van der Waals surface area contributed by atoms with Gasteiger partial charge in [0.25, 0.3) is 6.43 Å². The average Bonchev–Trinajstić information content (AvgIpc) is 1.94. The molecule has 1 heterocycles. The highest BCUT2D eigenvalue weighted by molar-refractivity contribution is 5.31. The number of aromatic nitrogens is 2. The fourth-order valence-electron chi connectivity index (χ4n) is 0.550. The highest BCUT2D eigenvalue weighted by Crippen LogP contribution is 2.20. The van der Waals surface area contributed by atoms with E-state index in [-0.39, 0.29) is 0 Å². The molecule has 0 fully saturated rings. The monoisotopic (exact) mass is 163 g/mol. The lowest BCUT2D eigenvalue weighted by Gasteiger charge is -2.00. The lowest BCUT2D eigenvalue weighted by atomic mass is 10.4. The van der Waals surface area contributed by atoms with Gasteiger partial charge in [0.1, 0.15) is 12.0 Å².